The molecular weight excluding hydrogens is 371 g/mol. The second-order valence-electron chi connectivity index (χ2n) is 5.99. The van der Waals surface area contributed by atoms with E-state index in [0.29, 0.717) is 22.5 Å². The zero-order chi connectivity index (χ0) is 16.7. The van der Waals surface area contributed by atoms with Crippen molar-refractivity contribution < 1.29 is 9.53 Å². The van der Waals surface area contributed by atoms with Crippen LogP contribution in [0.4, 0.5) is 0 Å². The molecule has 1 N–H and O–H groups in total. The van der Waals surface area contributed by atoms with Gasteiger partial charge in [-0.25, -0.2) is 0 Å². The molecule has 1 saturated heterocycles. The predicted octanol–water partition coefficient (Wildman–Crippen LogP) is 3.43. The highest BCUT2D eigenvalue weighted by atomic mass is 35.5. The molecule has 0 aliphatic carbocycles. The van der Waals surface area contributed by atoms with Crippen LogP contribution in [0.3, 0.4) is 0 Å². The Kier molecular flexibility index (Phi) is 10.0. The van der Waals surface area contributed by atoms with Gasteiger partial charge in [-0.3, -0.25) is 9.69 Å². The van der Waals surface area contributed by atoms with Crippen LogP contribution < -0.4 is 5.32 Å². The average Bonchev–Trinajstić information content (AvgIpc) is 2.54. The predicted molar refractivity (Wildman–Crippen MR) is 101 cm³/mol. The number of nitrogens with zero attached hydrogens (tertiary/aromatic N) is 1. The molecule has 1 aromatic rings. The minimum absolute atomic E-state index is 0. The number of esters is 1. The molecule has 0 spiro atoms. The molecule has 1 aliphatic heterocycles. The fourth-order valence-corrected chi connectivity index (χ4v) is 3.42. The number of benzene rings is 1. The quantitative estimate of drug-likeness (QED) is 0.718. The van der Waals surface area contributed by atoms with Crippen LogP contribution in [0, 0.1) is 5.92 Å². The molecule has 0 unspecified atom stereocenters. The SMILES string of the molecule is COC(=O)CN(CCc1ccc(Cl)cc1Cl)CC1CCNCC1.Cl. The zero-order valence-corrected chi connectivity index (χ0v) is 16.2. The lowest BCUT2D eigenvalue weighted by molar-refractivity contribution is -0.142. The van der Waals surface area contributed by atoms with Crippen molar-refractivity contribution in [2.45, 2.75) is 19.3 Å². The molecule has 4 nitrogen and oxygen atoms in total. The van der Waals surface area contributed by atoms with E-state index in [2.05, 4.69) is 10.2 Å². The maximum Gasteiger partial charge on any atom is 0.319 e. The highest BCUT2D eigenvalue weighted by Crippen LogP contribution is 2.22. The largest absolute Gasteiger partial charge is 0.468 e. The van der Waals surface area contributed by atoms with Gasteiger partial charge in [0.15, 0.2) is 0 Å². The Hall–Kier alpha value is -0.520. The minimum atomic E-state index is -0.193. The van der Waals surface area contributed by atoms with Crippen molar-refractivity contribution in [2.24, 2.45) is 5.92 Å². The Balaban J connectivity index is 0.00000288. The number of rotatable bonds is 7. The summed E-state index contributed by atoms with van der Waals surface area (Å²) in [4.78, 5) is 13.8. The lowest BCUT2D eigenvalue weighted by Gasteiger charge is -2.29. The molecule has 0 radical (unpaired) electrons. The smallest absolute Gasteiger partial charge is 0.319 e. The van der Waals surface area contributed by atoms with Crippen molar-refractivity contribution in [3.8, 4) is 0 Å². The minimum Gasteiger partial charge on any atom is -0.468 e. The molecule has 0 aromatic heterocycles. The van der Waals surface area contributed by atoms with E-state index in [-0.39, 0.29) is 18.4 Å². The van der Waals surface area contributed by atoms with Crippen molar-refractivity contribution in [1.29, 1.82) is 0 Å². The van der Waals surface area contributed by atoms with Gasteiger partial charge in [0.05, 0.1) is 13.7 Å². The van der Waals surface area contributed by atoms with Gasteiger partial charge in [-0.2, -0.15) is 0 Å². The second kappa shape index (κ2) is 11.2. The number of ether oxygens (including phenoxy) is 1. The Morgan fingerprint density at radius 1 is 1.33 bits per heavy atom. The lowest BCUT2D eigenvalue weighted by Crippen LogP contribution is -2.39. The normalized spacial score (nSPS) is 15.2. The lowest BCUT2D eigenvalue weighted by atomic mass is 9.97. The van der Waals surface area contributed by atoms with Gasteiger partial charge in [0, 0.05) is 23.1 Å². The van der Waals surface area contributed by atoms with Crippen molar-refractivity contribution >= 4 is 41.6 Å². The van der Waals surface area contributed by atoms with Gasteiger partial charge in [0.1, 0.15) is 0 Å². The molecule has 136 valence electrons. The third-order valence-corrected chi connectivity index (χ3v) is 4.85. The van der Waals surface area contributed by atoms with Gasteiger partial charge in [0.25, 0.3) is 0 Å². The molecule has 0 amide bonds. The number of hydrogen-bond donors (Lipinski definition) is 1. The van der Waals surface area contributed by atoms with E-state index in [1.807, 2.05) is 12.1 Å². The summed E-state index contributed by atoms with van der Waals surface area (Å²) in [5.74, 6) is 0.433. The number of piperidine rings is 1. The Bertz CT molecular complexity index is 523. The second-order valence-corrected chi connectivity index (χ2v) is 6.83. The van der Waals surface area contributed by atoms with Gasteiger partial charge in [-0.1, -0.05) is 29.3 Å². The average molecular weight is 396 g/mol. The van der Waals surface area contributed by atoms with E-state index < -0.39 is 0 Å². The number of nitrogens with one attached hydrogen (secondary N) is 1. The summed E-state index contributed by atoms with van der Waals surface area (Å²) in [6.07, 6.45) is 3.09. The third-order valence-electron chi connectivity index (χ3n) is 4.27. The Morgan fingerprint density at radius 3 is 2.67 bits per heavy atom. The Morgan fingerprint density at radius 2 is 2.04 bits per heavy atom. The van der Waals surface area contributed by atoms with Gasteiger partial charge in [0.2, 0.25) is 0 Å². The molecule has 0 bridgehead atoms. The first-order chi connectivity index (χ1) is 11.1. The monoisotopic (exact) mass is 394 g/mol. The van der Waals surface area contributed by atoms with Crippen LogP contribution in [-0.2, 0) is 16.0 Å². The van der Waals surface area contributed by atoms with Gasteiger partial charge < -0.3 is 10.1 Å². The fourth-order valence-electron chi connectivity index (χ4n) is 2.91. The fraction of sp³-hybridized carbons (Fsp3) is 0.588. The summed E-state index contributed by atoms with van der Waals surface area (Å²) < 4.78 is 4.82. The van der Waals surface area contributed by atoms with Crippen molar-refractivity contribution in [3.63, 3.8) is 0 Å². The molecule has 0 atom stereocenters. The van der Waals surface area contributed by atoms with Crippen LogP contribution in [0.5, 0.6) is 0 Å². The molecule has 1 fully saturated rings. The summed E-state index contributed by atoms with van der Waals surface area (Å²) >= 11 is 12.2. The Labute approximate surface area is 160 Å². The molecule has 1 aliphatic rings. The maximum atomic E-state index is 11.7. The first-order valence-electron chi connectivity index (χ1n) is 8.02. The number of carbonyl (C=O) groups excluding carboxylic acids is 1. The molecule has 1 aromatic carbocycles. The van der Waals surface area contributed by atoms with Crippen LogP contribution in [-0.4, -0.2) is 50.7 Å². The summed E-state index contributed by atoms with van der Waals surface area (Å²) in [6, 6.07) is 5.56. The number of halogens is 3. The molecule has 1 heterocycles. The van der Waals surface area contributed by atoms with Crippen LogP contribution >= 0.6 is 35.6 Å². The van der Waals surface area contributed by atoms with Crippen molar-refractivity contribution in [1.82, 2.24) is 10.2 Å². The third kappa shape index (κ3) is 7.16. The highest BCUT2D eigenvalue weighted by molar-refractivity contribution is 6.35. The van der Waals surface area contributed by atoms with Crippen molar-refractivity contribution in [2.75, 3.05) is 39.8 Å². The standard InChI is InChI=1S/C17H24Cl2N2O2.ClH/c1-23-17(22)12-21(11-13-4-7-20-8-5-13)9-6-14-2-3-15(18)10-16(14)19;/h2-3,10,13,20H,4-9,11-12H2,1H3;1H. The van der Waals surface area contributed by atoms with Crippen LogP contribution in [0.1, 0.15) is 18.4 Å². The summed E-state index contributed by atoms with van der Waals surface area (Å²) in [6.45, 7) is 4.13. The van der Waals surface area contributed by atoms with Crippen LogP contribution in [0.25, 0.3) is 0 Å². The molecular formula is C17H25Cl3N2O2. The molecule has 2 rings (SSSR count). The van der Waals surface area contributed by atoms with E-state index in [1.54, 1.807) is 6.07 Å². The van der Waals surface area contributed by atoms with E-state index in [0.717, 1.165) is 51.0 Å². The van der Waals surface area contributed by atoms with E-state index in [1.165, 1.54) is 7.11 Å². The van der Waals surface area contributed by atoms with E-state index in [9.17, 15) is 4.79 Å². The number of methoxy groups -OCH3 is 1. The van der Waals surface area contributed by atoms with Crippen molar-refractivity contribution in [3.05, 3.63) is 33.8 Å². The number of hydrogen-bond acceptors (Lipinski definition) is 4. The maximum absolute atomic E-state index is 11.7. The molecule has 0 saturated carbocycles. The molecule has 7 heteroatoms. The summed E-state index contributed by atoms with van der Waals surface area (Å²) in [5.41, 5.74) is 1.05. The van der Waals surface area contributed by atoms with E-state index in [4.69, 9.17) is 27.9 Å². The van der Waals surface area contributed by atoms with Crippen LogP contribution in [0.15, 0.2) is 18.2 Å². The van der Waals surface area contributed by atoms with Crippen LogP contribution in [0.2, 0.25) is 10.0 Å². The van der Waals surface area contributed by atoms with E-state index >= 15 is 0 Å². The zero-order valence-electron chi connectivity index (χ0n) is 13.9. The molecule has 24 heavy (non-hydrogen) atoms. The first kappa shape index (κ1) is 21.5. The van der Waals surface area contributed by atoms with Gasteiger partial charge in [-0.15, -0.1) is 12.4 Å². The number of carbonyl (C=O) groups is 1. The summed E-state index contributed by atoms with van der Waals surface area (Å²) in [5, 5.41) is 4.69. The summed E-state index contributed by atoms with van der Waals surface area (Å²) in [7, 11) is 1.43. The topological polar surface area (TPSA) is 41.6 Å². The highest BCUT2D eigenvalue weighted by Gasteiger charge is 2.19. The first-order valence-corrected chi connectivity index (χ1v) is 8.78. The van der Waals surface area contributed by atoms with Gasteiger partial charge in [-0.05, 0) is 56.0 Å². The van der Waals surface area contributed by atoms with Gasteiger partial charge >= 0.3 is 5.97 Å².